The van der Waals surface area contributed by atoms with Crippen molar-refractivity contribution in [1.29, 1.82) is 0 Å². The van der Waals surface area contributed by atoms with Gasteiger partial charge in [-0.25, -0.2) is 4.39 Å². The molecule has 2 aromatic rings. The number of halogens is 2. The van der Waals surface area contributed by atoms with Crippen LogP contribution in [0.4, 0.5) is 10.1 Å². The van der Waals surface area contributed by atoms with Gasteiger partial charge in [-0.15, -0.1) is 0 Å². The highest BCUT2D eigenvalue weighted by Gasteiger charge is 2.06. The first-order chi connectivity index (χ1) is 9.60. The summed E-state index contributed by atoms with van der Waals surface area (Å²) in [5.74, 6) is -0.545. The maximum Gasteiger partial charge on any atom is 0.170 e. The maximum absolute atomic E-state index is 13.9. The zero-order valence-corrected chi connectivity index (χ0v) is 11.2. The van der Waals surface area contributed by atoms with E-state index in [0.717, 1.165) is 5.69 Å². The molecule has 4 nitrogen and oxygen atoms in total. The lowest BCUT2D eigenvalue weighted by molar-refractivity contribution is 0.318. The molecule has 20 heavy (non-hydrogen) atoms. The molecule has 0 amide bonds. The Kier molecular flexibility index (Phi) is 4.42. The summed E-state index contributed by atoms with van der Waals surface area (Å²) in [6, 6.07) is 11.5. The quantitative estimate of drug-likeness (QED) is 0.351. The van der Waals surface area contributed by atoms with Crippen LogP contribution in [0, 0.1) is 5.82 Å². The van der Waals surface area contributed by atoms with Crippen molar-refractivity contribution in [1.82, 2.24) is 0 Å². The number of rotatable bonds is 4. The lowest BCUT2D eigenvalue weighted by atomic mass is 10.1. The fourth-order valence-electron chi connectivity index (χ4n) is 1.67. The zero-order chi connectivity index (χ0) is 14.5. The number of oxime groups is 1. The highest BCUT2D eigenvalue weighted by atomic mass is 35.5. The largest absolute Gasteiger partial charge is 0.409 e. The van der Waals surface area contributed by atoms with Crippen LogP contribution < -0.4 is 11.1 Å². The van der Waals surface area contributed by atoms with Gasteiger partial charge in [-0.1, -0.05) is 28.9 Å². The van der Waals surface area contributed by atoms with Gasteiger partial charge in [0.25, 0.3) is 0 Å². The third-order valence-corrected chi connectivity index (χ3v) is 3.04. The minimum atomic E-state index is -0.421. The standard InChI is InChI=1S/C14H13ClFN3O/c15-11-3-5-12(6-4-11)18-8-10-2-1-9(7-13(10)16)14(17)19-20/h1-7,18,20H,8H2,(H2,17,19). The molecule has 2 rings (SSSR count). The molecule has 0 radical (unpaired) electrons. The number of nitrogens with zero attached hydrogens (tertiary/aromatic N) is 1. The molecule has 0 atom stereocenters. The Balaban J connectivity index is 2.08. The minimum Gasteiger partial charge on any atom is -0.409 e. The number of hydrogen-bond donors (Lipinski definition) is 3. The first-order valence-electron chi connectivity index (χ1n) is 5.86. The molecular weight excluding hydrogens is 281 g/mol. The summed E-state index contributed by atoms with van der Waals surface area (Å²) < 4.78 is 13.9. The van der Waals surface area contributed by atoms with Gasteiger partial charge in [-0.3, -0.25) is 0 Å². The first kappa shape index (κ1) is 14.1. The van der Waals surface area contributed by atoms with Crippen LogP contribution in [0.25, 0.3) is 0 Å². The van der Waals surface area contributed by atoms with E-state index in [0.29, 0.717) is 22.7 Å². The van der Waals surface area contributed by atoms with Crippen molar-refractivity contribution >= 4 is 23.1 Å². The number of hydrogen-bond acceptors (Lipinski definition) is 3. The summed E-state index contributed by atoms with van der Waals surface area (Å²) in [5.41, 5.74) is 7.05. The lowest BCUT2D eigenvalue weighted by Crippen LogP contribution is -2.14. The van der Waals surface area contributed by atoms with E-state index in [1.165, 1.54) is 6.07 Å². The topological polar surface area (TPSA) is 70.6 Å². The van der Waals surface area contributed by atoms with Gasteiger partial charge in [0.2, 0.25) is 0 Å². The molecule has 0 aliphatic carbocycles. The molecule has 0 bridgehead atoms. The molecule has 4 N–H and O–H groups in total. The molecule has 0 fully saturated rings. The van der Waals surface area contributed by atoms with Crippen LogP contribution in [0.3, 0.4) is 0 Å². The summed E-state index contributed by atoms with van der Waals surface area (Å²) in [6.45, 7) is 0.323. The SMILES string of the molecule is NC(=NO)c1ccc(CNc2ccc(Cl)cc2)c(F)c1. The monoisotopic (exact) mass is 293 g/mol. The van der Waals surface area contributed by atoms with E-state index < -0.39 is 5.82 Å². The van der Waals surface area contributed by atoms with Crippen molar-refractivity contribution in [2.75, 3.05) is 5.32 Å². The highest BCUT2D eigenvalue weighted by Crippen LogP contribution is 2.16. The highest BCUT2D eigenvalue weighted by molar-refractivity contribution is 6.30. The summed E-state index contributed by atoms with van der Waals surface area (Å²) in [7, 11) is 0. The van der Waals surface area contributed by atoms with Gasteiger partial charge in [0.1, 0.15) is 5.82 Å². The van der Waals surface area contributed by atoms with E-state index in [2.05, 4.69) is 10.5 Å². The Hall–Kier alpha value is -2.27. The Bertz CT molecular complexity index is 629. The molecule has 104 valence electrons. The Morgan fingerprint density at radius 1 is 1.25 bits per heavy atom. The van der Waals surface area contributed by atoms with Crippen LogP contribution in [0.5, 0.6) is 0 Å². The van der Waals surface area contributed by atoms with Crippen molar-refractivity contribution in [3.63, 3.8) is 0 Å². The fraction of sp³-hybridized carbons (Fsp3) is 0.0714. The summed E-state index contributed by atoms with van der Waals surface area (Å²) in [6.07, 6.45) is 0. The minimum absolute atomic E-state index is 0.124. The molecular formula is C14H13ClFN3O. The number of nitrogens with one attached hydrogen (secondary N) is 1. The van der Waals surface area contributed by atoms with E-state index in [1.807, 2.05) is 12.1 Å². The molecule has 0 aliphatic heterocycles. The van der Waals surface area contributed by atoms with Crippen LogP contribution in [0.15, 0.2) is 47.6 Å². The lowest BCUT2D eigenvalue weighted by Gasteiger charge is -2.08. The normalized spacial score (nSPS) is 11.4. The maximum atomic E-state index is 13.9. The third-order valence-electron chi connectivity index (χ3n) is 2.78. The van der Waals surface area contributed by atoms with Crippen molar-refractivity contribution in [2.24, 2.45) is 10.9 Å². The van der Waals surface area contributed by atoms with Gasteiger partial charge in [-0.05, 0) is 30.3 Å². The van der Waals surface area contributed by atoms with Crippen LogP contribution in [0.1, 0.15) is 11.1 Å². The summed E-state index contributed by atoms with van der Waals surface area (Å²) in [5, 5.41) is 15.1. The Morgan fingerprint density at radius 3 is 2.55 bits per heavy atom. The van der Waals surface area contributed by atoms with Gasteiger partial charge in [0, 0.05) is 28.4 Å². The van der Waals surface area contributed by atoms with E-state index in [4.69, 9.17) is 22.5 Å². The van der Waals surface area contributed by atoms with Gasteiger partial charge in [-0.2, -0.15) is 0 Å². The summed E-state index contributed by atoms with van der Waals surface area (Å²) in [4.78, 5) is 0. The number of nitrogens with two attached hydrogens (primary N) is 1. The molecule has 0 saturated heterocycles. The van der Waals surface area contributed by atoms with Crippen molar-refractivity contribution in [3.8, 4) is 0 Å². The third kappa shape index (κ3) is 3.39. The number of benzene rings is 2. The Morgan fingerprint density at radius 2 is 1.95 bits per heavy atom. The predicted octanol–water partition coefficient (Wildman–Crippen LogP) is 3.19. The average Bonchev–Trinajstić information content (AvgIpc) is 2.46. The smallest absolute Gasteiger partial charge is 0.170 e. The number of anilines is 1. The van der Waals surface area contributed by atoms with Gasteiger partial charge in [0.15, 0.2) is 5.84 Å². The molecule has 0 heterocycles. The van der Waals surface area contributed by atoms with Gasteiger partial charge >= 0.3 is 0 Å². The second-order valence-corrected chi connectivity index (χ2v) is 4.59. The molecule has 6 heteroatoms. The van der Waals surface area contributed by atoms with Crippen LogP contribution in [-0.2, 0) is 6.54 Å². The van der Waals surface area contributed by atoms with E-state index in [-0.39, 0.29) is 5.84 Å². The van der Waals surface area contributed by atoms with Gasteiger partial charge in [0.05, 0.1) is 0 Å². The average molecular weight is 294 g/mol. The van der Waals surface area contributed by atoms with Gasteiger partial charge < -0.3 is 16.3 Å². The fourth-order valence-corrected chi connectivity index (χ4v) is 1.80. The van der Waals surface area contributed by atoms with Crippen LogP contribution in [-0.4, -0.2) is 11.0 Å². The van der Waals surface area contributed by atoms with Crippen LogP contribution in [0.2, 0.25) is 5.02 Å². The molecule has 0 aromatic heterocycles. The van der Waals surface area contributed by atoms with E-state index in [1.54, 1.807) is 24.3 Å². The van der Waals surface area contributed by atoms with Crippen molar-refractivity contribution in [2.45, 2.75) is 6.54 Å². The Labute approximate surface area is 120 Å². The second kappa shape index (κ2) is 6.25. The zero-order valence-electron chi connectivity index (χ0n) is 10.5. The van der Waals surface area contributed by atoms with E-state index >= 15 is 0 Å². The molecule has 0 aliphatic rings. The predicted molar refractivity (Wildman–Crippen MR) is 77.7 cm³/mol. The first-order valence-corrected chi connectivity index (χ1v) is 6.23. The summed E-state index contributed by atoms with van der Waals surface area (Å²) >= 11 is 5.78. The molecule has 0 saturated carbocycles. The molecule has 0 spiro atoms. The van der Waals surface area contributed by atoms with Crippen molar-refractivity contribution in [3.05, 3.63) is 64.4 Å². The van der Waals surface area contributed by atoms with E-state index in [9.17, 15) is 4.39 Å². The number of amidine groups is 1. The van der Waals surface area contributed by atoms with Crippen LogP contribution >= 0.6 is 11.6 Å². The molecule has 2 aromatic carbocycles. The second-order valence-electron chi connectivity index (χ2n) is 4.15. The molecule has 0 unspecified atom stereocenters. The van der Waals surface area contributed by atoms with Crippen molar-refractivity contribution < 1.29 is 9.60 Å².